The number of ether oxygens (including phenoxy) is 1. The molecule has 0 spiro atoms. The molecule has 1 aromatic heterocycles. The monoisotopic (exact) mass is 455 g/mol. The van der Waals surface area contributed by atoms with E-state index in [2.05, 4.69) is 10.3 Å². The molecule has 33 heavy (non-hydrogen) atoms. The number of anilines is 2. The smallest absolute Gasteiger partial charge is 0.414 e. The summed E-state index contributed by atoms with van der Waals surface area (Å²) in [6.45, 7) is 3.77. The van der Waals surface area contributed by atoms with Crippen molar-refractivity contribution in [2.45, 2.75) is 31.9 Å². The molecule has 10 heteroatoms. The number of primary amides is 1. The number of carbonyl (C=O) groups is 3. The Morgan fingerprint density at radius 1 is 1.30 bits per heavy atom. The van der Waals surface area contributed by atoms with Crippen molar-refractivity contribution in [2.24, 2.45) is 5.73 Å². The first-order valence-corrected chi connectivity index (χ1v) is 10.8. The first-order chi connectivity index (χ1) is 15.8. The minimum Gasteiger partial charge on any atom is -0.444 e. The number of hydrogen-bond acceptors (Lipinski definition) is 7. The van der Waals surface area contributed by atoms with Gasteiger partial charge in [-0.15, -0.1) is 0 Å². The fourth-order valence-electron chi connectivity index (χ4n) is 4.15. The molecule has 2 fully saturated rings. The Hall–Kier alpha value is -3.53. The van der Waals surface area contributed by atoms with Crippen LogP contribution in [0.1, 0.15) is 19.8 Å². The summed E-state index contributed by atoms with van der Waals surface area (Å²) in [6.07, 6.45) is 0.972. The van der Waals surface area contributed by atoms with Crippen molar-refractivity contribution in [1.82, 2.24) is 10.3 Å². The van der Waals surface area contributed by atoms with Gasteiger partial charge in [-0.2, -0.15) is 0 Å². The lowest BCUT2D eigenvalue weighted by Crippen LogP contribution is -2.54. The number of cyclic esters (lactones) is 1. The molecule has 2 aromatic rings. The van der Waals surface area contributed by atoms with E-state index in [9.17, 15) is 18.8 Å². The molecule has 2 atom stereocenters. The zero-order valence-corrected chi connectivity index (χ0v) is 18.3. The van der Waals surface area contributed by atoms with E-state index in [0.717, 1.165) is 6.54 Å². The number of nitrogens with two attached hydrogens (primary N) is 1. The fraction of sp³-hybridized carbons (Fsp3) is 0.391. The van der Waals surface area contributed by atoms with E-state index < -0.39 is 23.9 Å². The Morgan fingerprint density at radius 2 is 2.12 bits per heavy atom. The number of nitrogens with one attached hydrogen (secondary N) is 1. The molecule has 3 heterocycles. The molecule has 1 aromatic carbocycles. The normalized spacial score (nSPS) is 20.6. The van der Waals surface area contributed by atoms with E-state index in [-0.39, 0.29) is 24.8 Å². The average molecular weight is 455 g/mol. The number of carbonyl (C=O) groups excluding carboxylic acids is 3. The van der Waals surface area contributed by atoms with Gasteiger partial charge in [-0.25, -0.2) is 14.2 Å². The first kappa shape index (κ1) is 22.7. The average Bonchev–Trinajstić information content (AvgIpc) is 3.18. The lowest BCUT2D eigenvalue weighted by molar-refractivity contribution is -0.119. The number of halogens is 1. The molecule has 9 nitrogen and oxygen atoms in total. The van der Waals surface area contributed by atoms with Crippen LogP contribution in [-0.4, -0.2) is 61.1 Å². The highest BCUT2D eigenvalue weighted by atomic mass is 19.1. The topological polar surface area (TPSA) is 118 Å². The number of hydrogen-bond donors (Lipinski definition) is 2. The highest BCUT2D eigenvalue weighted by molar-refractivity contribution is 5.90. The number of piperazine rings is 1. The van der Waals surface area contributed by atoms with Crippen molar-refractivity contribution >= 4 is 29.3 Å². The summed E-state index contributed by atoms with van der Waals surface area (Å²) in [5, 5.41) is 3.21. The summed E-state index contributed by atoms with van der Waals surface area (Å²) in [7, 11) is 0. The molecule has 0 aliphatic carbocycles. The van der Waals surface area contributed by atoms with Gasteiger partial charge in [0.15, 0.2) is 5.78 Å². The van der Waals surface area contributed by atoms with Crippen LogP contribution < -0.4 is 20.9 Å². The minimum atomic E-state index is -0.585. The predicted octanol–water partition coefficient (Wildman–Crippen LogP) is 1.85. The molecule has 0 radical (unpaired) electrons. The summed E-state index contributed by atoms with van der Waals surface area (Å²) in [4.78, 5) is 42.8. The van der Waals surface area contributed by atoms with Crippen molar-refractivity contribution in [2.75, 3.05) is 36.0 Å². The Labute approximate surface area is 190 Å². The second kappa shape index (κ2) is 9.53. The van der Waals surface area contributed by atoms with Gasteiger partial charge in [0.2, 0.25) is 5.91 Å². The van der Waals surface area contributed by atoms with Crippen molar-refractivity contribution in [1.29, 1.82) is 0 Å². The van der Waals surface area contributed by atoms with Crippen LogP contribution in [0.5, 0.6) is 0 Å². The maximum atomic E-state index is 15.0. The summed E-state index contributed by atoms with van der Waals surface area (Å²) in [5.74, 6) is -0.237. The van der Waals surface area contributed by atoms with E-state index in [0.29, 0.717) is 42.1 Å². The predicted molar refractivity (Wildman–Crippen MR) is 120 cm³/mol. The highest BCUT2D eigenvalue weighted by Crippen LogP contribution is 2.30. The minimum absolute atomic E-state index is 0.0621. The lowest BCUT2D eigenvalue weighted by atomic mass is 10.1. The Morgan fingerprint density at radius 3 is 2.79 bits per heavy atom. The molecule has 4 rings (SSSR count). The van der Waals surface area contributed by atoms with Gasteiger partial charge < -0.3 is 20.7 Å². The van der Waals surface area contributed by atoms with Crippen molar-refractivity contribution in [3.63, 3.8) is 0 Å². The number of rotatable bonds is 7. The van der Waals surface area contributed by atoms with Crippen LogP contribution in [0.3, 0.4) is 0 Å². The lowest BCUT2D eigenvalue weighted by Gasteiger charge is -2.35. The summed E-state index contributed by atoms with van der Waals surface area (Å²) >= 11 is 0. The van der Waals surface area contributed by atoms with Crippen LogP contribution in [-0.2, 0) is 14.3 Å². The maximum absolute atomic E-state index is 15.0. The third-order valence-electron chi connectivity index (χ3n) is 5.92. The van der Waals surface area contributed by atoms with Crippen molar-refractivity contribution < 1.29 is 23.5 Å². The standard InChI is InChI=1S/C23H26FN5O4/c1-14(30)20-12-26-8-9-28(20)22-7-2-15(11-27-22)18-5-3-16(10-19(18)24)29-13-17(33-23(29)32)4-6-21(25)31/h2-3,5,7,10-11,17,20,26H,4,6,8-9,12-13H2,1H3,(H2,25,31). The third-order valence-corrected chi connectivity index (χ3v) is 5.92. The van der Waals surface area contributed by atoms with Gasteiger partial charge in [0.1, 0.15) is 23.8 Å². The number of pyridine rings is 1. The van der Waals surface area contributed by atoms with Gasteiger partial charge in [-0.1, -0.05) is 0 Å². The van der Waals surface area contributed by atoms with E-state index in [1.54, 1.807) is 37.4 Å². The van der Waals surface area contributed by atoms with Gasteiger partial charge in [0.05, 0.1) is 12.2 Å². The van der Waals surface area contributed by atoms with E-state index in [4.69, 9.17) is 10.5 Å². The van der Waals surface area contributed by atoms with Crippen molar-refractivity contribution in [3.8, 4) is 11.1 Å². The molecular formula is C23H26FN5O4. The number of Topliss-reactive ketones (excluding diaryl/α,β-unsaturated/α-hetero) is 1. The van der Waals surface area contributed by atoms with Crippen LogP contribution in [0.25, 0.3) is 11.1 Å². The number of benzene rings is 1. The van der Waals surface area contributed by atoms with Crippen LogP contribution in [0.4, 0.5) is 20.7 Å². The zero-order valence-electron chi connectivity index (χ0n) is 18.3. The second-order valence-electron chi connectivity index (χ2n) is 8.21. The number of aromatic nitrogens is 1. The maximum Gasteiger partial charge on any atom is 0.414 e. The highest BCUT2D eigenvalue weighted by Gasteiger charge is 2.33. The van der Waals surface area contributed by atoms with Gasteiger partial charge in [-0.05, 0) is 43.7 Å². The molecular weight excluding hydrogens is 429 g/mol. The molecule has 0 saturated carbocycles. The van der Waals surface area contributed by atoms with Gasteiger partial charge in [0, 0.05) is 43.4 Å². The van der Waals surface area contributed by atoms with Crippen LogP contribution in [0.15, 0.2) is 36.5 Å². The quantitative estimate of drug-likeness (QED) is 0.654. The van der Waals surface area contributed by atoms with E-state index >= 15 is 0 Å². The summed E-state index contributed by atoms with van der Waals surface area (Å²) in [5.41, 5.74) is 6.45. The van der Waals surface area contributed by atoms with Crippen LogP contribution in [0.2, 0.25) is 0 Å². The summed E-state index contributed by atoms with van der Waals surface area (Å²) in [6, 6.07) is 7.79. The zero-order chi connectivity index (χ0) is 23.5. The Balaban J connectivity index is 1.49. The second-order valence-corrected chi connectivity index (χ2v) is 8.21. The first-order valence-electron chi connectivity index (χ1n) is 10.8. The molecule has 2 unspecified atom stereocenters. The molecule has 2 aliphatic rings. The Kier molecular flexibility index (Phi) is 6.55. The van der Waals surface area contributed by atoms with Gasteiger partial charge in [0.25, 0.3) is 0 Å². The number of ketones is 1. The van der Waals surface area contributed by atoms with Gasteiger partial charge in [-0.3, -0.25) is 14.5 Å². The van der Waals surface area contributed by atoms with Crippen LogP contribution >= 0.6 is 0 Å². The Bertz CT molecular complexity index is 1060. The fourth-order valence-corrected chi connectivity index (χ4v) is 4.15. The molecule has 2 saturated heterocycles. The van der Waals surface area contributed by atoms with Gasteiger partial charge >= 0.3 is 6.09 Å². The molecule has 2 aliphatic heterocycles. The van der Waals surface area contributed by atoms with E-state index in [1.165, 1.54) is 11.0 Å². The van der Waals surface area contributed by atoms with E-state index in [1.807, 2.05) is 4.90 Å². The summed E-state index contributed by atoms with van der Waals surface area (Å²) < 4.78 is 20.2. The molecule has 2 amide bonds. The van der Waals surface area contributed by atoms with Crippen LogP contribution in [0, 0.1) is 5.82 Å². The number of amides is 2. The van der Waals surface area contributed by atoms with Crippen molar-refractivity contribution in [3.05, 3.63) is 42.3 Å². The SMILES string of the molecule is CC(=O)C1CNCCN1c1ccc(-c2ccc(N3CC(CCC(N)=O)OC3=O)cc2F)cn1. The molecule has 174 valence electrons. The number of nitrogens with zero attached hydrogens (tertiary/aromatic N) is 3. The molecule has 0 bridgehead atoms. The molecule has 3 N–H and O–H groups in total. The third kappa shape index (κ3) is 4.95. The largest absolute Gasteiger partial charge is 0.444 e.